The van der Waals surface area contributed by atoms with Gasteiger partial charge in [-0.2, -0.15) is 5.10 Å². The van der Waals surface area contributed by atoms with Gasteiger partial charge in [0.05, 0.1) is 17.4 Å². The van der Waals surface area contributed by atoms with Gasteiger partial charge in [0.15, 0.2) is 5.82 Å². The van der Waals surface area contributed by atoms with Crippen molar-refractivity contribution in [1.29, 1.82) is 0 Å². The second kappa shape index (κ2) is 7.22. The van der Waals surface area contributed by atoms with Crippen LogP contribution in [0.2, 0.25) is 0 Å². The van der Waals surface area contributed by atoms with Crippen LogP contribution in [0, 0.1) is 0 Å². The summed E-state index contributed by atoms with van der Waals surface area (Å²) < 4.78 is 34.7. The van der Waals surface area contributed by atoms with Crippen LogP contribution in [0.15, 0.2) is 18.2 Å². The molecule has 9 nitrogen and oxygen atoms in total. The predicted molar refractivity (Wildman–Crippen MR) is 103 cm³/mol. The lowest BCUT2D eigenvalue weighted by Gasteiger charge is -2.36. The van der Waals surface area contributed by atoms with Gasteiger partial charge in [0.25, 0.3) is 5.92 Å². The fraction of sp³-hybridized carbons (Fsp3) is 0.474. The molecule has 0 aliphatic carbocycles. The quantitative estimate of drug-likeness (QED) is 0.804. The van der Waals surface area contributed by atoms with Crippen LogP contribution in [0.1, 0.15) is 26.2 Å². The highest BCUT2D eigenvalue weighted by Gasteiger charge is 2.41. The molecule has 2 aliphatic rings. The Morgan fingerprint density at radius 1 is 1.33 bits per heavy atom. The Bertz CT molecular complexity index is 1040. The van der Waals surface area contributed by atoms with Gasteiger partial charge in [-0.1, -0.05) is 6.07 Å². The first-order chi connectivity index (χ1) is 14.2. The summed E-state index contributed by atoms with van der Waals surface area (Å²) in [5.74, 6) is -3.03. The molecule has 4 amide bonds. The summed E-state index contributed by atoms with van der Waals surface area (Å²) in [5, 5.41) is 6.96. The minimum absolute atomic E-state index is 0.103. The Balaban J connectivity index is 1.69. The van der Waals surface area contributed by atoms with Crippen molar-refractivity contribution in [1.82, 2.24) is 20.0 Å². The third kappa shape index (κ3) is 3.55. The highest BCUT2D eigenvalue weighted by molar-refractivity contribution is 6.10. The van der Waals surface area contributed by atoms with Crippen molar-refractivity contribution in [3.05, 3.63) is 18.2 Å². The maximum atomic E-state index is 13.8. The van der Waals surface area contributed by atoms with Gasteiger partial charge in [-0.25, -0.2) is 18.4 Å². The number of aromatic nitrogens is 2. The Labute approximate surface area is 170 Å². The first-order valence-electron chi connectivity index (χ1n) is 9.59. The van der Waals surface area contributed by atoms with Crippen LogP contribution < -0.4 is 15.0 Å². The molecule has 2 aliphatic heterocycles. The van der Waals surface area contributed by atoms with E-state index in [1.807, 2.05) is 0 Å². The average molecular weight is 421 g/mol. The number of amides is 4. The van der Waals surface area contributed by atoms with Gasteiger partial charge in [-0.15, -0.1) is 0 Å². The zero-order valence-corrected chi connectivity index (χ0v) is 16.5. The molecule has 2 aromatic rings. The number of likely N-dealkylation sites (tertiary alicyclic amines) is 1. The fourth-order valence-corrected chi connectivity index (χ4v) is 3.76. The predicted octanol–water partition coefficient (Wildman–Crippen LogP) is 2.64. The second-order valence-electron chi connectivity index (χ2n) is 7.59. The van der Waals surface area contributed by atoms with E-state index in [0.29, 0.717) is 10.9 Å². The highest BCUT2D eigenvalue weighted by Crippen LogP contribution is 2.36. The van der Waals surface area contributed by atoms with Crippen LogP contribution in [0.4, 0.5) is 24.2 Å². The average Bonchev–Trinajstić information content (AvgIpc) is 3.01. The number of alkyl halides is 2. The van der Waals surface area contributed by atoms with Crippen LogP contribution in [-0.2, 0) is 11.8 Å². The van der Waals surface area contributed by atoms with E-state index in [2.05, 4.69) is 10.4 Å². The summed E-state index contributed by atoms with van der Waals surface area (Å²) in [6.45, 7) is 1.11. The number of nitrogens with one attached hydrogen (secondary N) is 1. The number of aryl methyl sites for hydroxylation is 1. The summed E-state index contributed by atoms with van der Waals surface area (Å²) in [4.78, 5) is 38.8. The Hall–Kier alpha value is -3.24. The topological polar surface area (TPSA) is 96.8 Å². The number of halogens is 2. The van der Waals surface area contributed by atoms with Crippen molar-refractivity contribution < 1.29 is 27.9 Å². The third-order valence-electron chi connectivity index (χ3n) is 5.42. The number of urea groups is 1. The summed E-state index contributed by atoms with van der Waals surface area (Å²) in [6, 6.07) is 3.88. The van der Waals surface area contributed by atoms with Crippen molar-refractivity contribution >= 4 is 34.8 Å². The molecular formula is C19H21F2N5O4. The smallest absolute Gasteiger partial charge is 0.409 e. The lowest BCUT2D eigenvalue weighted by molar-refractivity contribution is -0.120. The Morgan fingerprint density at radius 2 is 2.10 bits per heavy atom. The maximum absolute atomic E-state index is 13.8. The summed E-state index contributed by atoms with van der Waals surface area (Å²) in [6.07, 6.45) is -0.885. The zero-order chi connectivity index (χ0) is 21.6. The molecule has 0 radical (unpaired) electrons. The number of benzene rings is 1. The molecule has 11 heteroatoms. The largest absolute Gasteiger partial charge is 0.415 e. The van der Waals surface area contributed by atoms with Crippen molar-refractivity contribution in [2.45, 2.75) is 38.2 Å². The van der Waals surface area contributed by atoms with E-state index in [9.17, 15) is 23.2 Å². The van der Waals surface area contributed by atoms with E-state index in [1.165, 1.54) is 15.6 Å². The van der Waals surface area contributed by atoms with Gasteiger partial charge in [-0.05, 0) is 25.5 Å². The minimum atomic E-state index is -2.96. The molecule has 2 fully saturated rings. The second-order valence-corrected chi connectivity index (χ2v) is 7.59. The molecule has 1 N–H and O–H groups in total. The van der Waals surface area contributed by atoms with Crippen LogP contribution in [-0.4, -0.2) is 57.8 Å². The number of nitrogens with zero attached hydrogens (tertiary/aromatic N) is 4. The Morgan fingerprint density at radius 3 is 2.83 bits per heavy atom. The van der Waals surface area contributed by atoms with Gasteiger partial charge in [0.2, 0.25) is 5.91 Å². The molecule has 4 rings (SSSR count). The van der Waals surface area contributed by atoms with Gasteiger partial charge in [-0.3, -0.25) is 24.6 Å². The van der Waals surface area contributed by atoms with Gasteiger partial charge < -0.3 is 4.74 Å². The fourth-order valence-electron chi connectivity index (χ4n) is 3.76. The molecular weight excluding hydrogens is 400 g/mol. The van der Waals surface area contributed by atoms with E-state index in [1.54, 1.807) is 26.1 Å². The molecule has 2 saturated heterocycles. The molecule has 30 heavy (non-hydrogen) atoms. The summed E-state index contributed by atoms with van der Waals surface area (Å²) in [7, 11) is 1.66. The first kappa shape index (κ1) is 20.0. The summed E-state index contributed by atoms with van der Waals surface area (Å²) >= 11 is 0. The van der Waals surface area contributed by atoms with Crippen molar-refractivity contribution in [3.8, 4) is 5.75 Å². The van der Waals surface area contributed by atoms with Crippen molar-refractivity contribution in [2.24, 2.45) is 7.05 Å². The first-order valence-corrected chi connectivity index (χ1v) is 9.59. The van der Waals surface area contributed by atoms with Crippen LogP contribution in [0.25, 0.3) is 10.9 Å². The molecule has 1 aromatic carbocycles. The Kier molecular flexibility index (Phi) is 4.83. The number of anilines is 1. The lowest BCUT2D eigenvalue weighted by Crippen LogP contribution is -2.51. The normalized spacial score (nSPS) is 21.7. The lowest BCUT2D eigenvalue weighted by atomic mass is 10.0. The number of rotatable bonds is 2. The standard InChI is InChI=1S/C19H21F2N5O4/c1-11-6-8-19(20,21)10-26(11)18(29)30-13-5-3-4-12-15(13)16(23-24(12)2)25-9-7-14(27)22-17(25)28/h3-5,11H,6-10H2,1-2H3,(H,22,27,28). The molecule has 160 valence electrons. The number of imide groups is 1. The number of carbonyl (C=O) groups excluding carboxylic acids is 3. The number of ether oxygens (including phenoxy) is 1. The number of piperidine rings is 1. The molecule has 1 unspecified atom stereocenters. The third-order valence-corrected chi connectivity index (χ3v) is 5.42. The zero-order valence-electron chi connectivity index (χ0n) is 16.5. The SMILES string of the molecule is CC1CCC(F)(F)CN1C(=O)Oc1cccc2c1c(N1CCC(=O)NC1=O)nn2C. The van der Waals surface area contributed by atoms with Crippen LogP contribution >= 0.6 is 0 Å². The number of carbonyl (C=O) groups is 3. The van der Waals surface area contributed by atoms with E-state index in [4.69, 9.17) is 4.74 Å². The molecule has 1 atom stereocenters. The molecule has 0 spiro atoms. The maximum Gasteiger partial charge on any atom is 0.415 e. The molecule has 0 bridgehead atoms. The monoisotopic (exact) mass is 421 g/mol. The van der Waals surface area contributed by atoms with E-state index in [0.717, 1.165) is 4.90 Å². The van der Waals surface area contributed by atoms with Crippen LogP contribution in [0.5, 0.6) is 5.75 Å². The van der Waals surface area contributed by atoms with E-state index >= 15 is 0 Å². The number of fused-ring (bicyclic) bond motifs is 1. The molecule has 3 heterocycles. The number of hydrogen-bond acceptors (Lipinski definition) is 5. The van der Waals surface area contributed by atoms with E-state index in [-0.39, 0.29) is 49.3 Å². The van der Waals surface area contributed by atoms with E-state index < -0.39 is 24.6 Å². The van der Waals surface area contributed by atoms with Crippen molar-refractivity contribution in [2.75, 3.05) is 18.0 Å². The minimum Gasteiger partial charge on any atom is -0.409 e. The highest BCUT2D eigenvalue weighted by atomic mass is 19.3. The van der Waals surface area contributed by atoms with Crippen molar-refractivity contribution in [3.63, 3.8) is 0 Å². The number of hydrogen-bond donors (Lipinski definition) is 1. The van der Waals surface area contributed by atoms with Gasteiger partial charge >= 0.3 is 12.1 Å². The van der Waals surface area contributed by atoms with Gasteiger partial charge in [0, 0.05) is 32.5 Å². The van der Waals surface area contributed by atoms with Crippen LogP contribution in [0.3, 0.4) is 0 Å². The summed E-state index contributed by atoms with van der Waals surface area (Å²) in [5.41, 5.74) is 0.581. The molecule has 1 aromatic heterocycles. The van der Waals surface area contributed by atoms with Gasteiger partial charge in [0.1, 0.15) is 5.75 Å². The molecule has 0 saturated carbocycles.